The van der Waals surface area contributed by atoms with Gasteiger partial charge in [-0.3, -0.25) is 4.79 Å². The lowest BCUT2D eigenvalue weighted by atomic mass is 10.0. The van der Waals surface area contributed by atoms with Gasteiger partial charge in [-0.25, -0.2) is 0 Å². The summed E-state index contributed by atoms with van der Waals surface area (Å²) in [5.41, 5.74) is -0.164. The van der Waals surface area contributed by atoms with Gasteiger partial charge in [0.15, 0.2) is 5.78 Å². The Balaban J connectivity index is 2.30. The number of ketones is 1. The summed E-state index contributed by atoms with van der Waals surface area (Å²) in [4.78, 5) is 12.1. The first-order valence-corrected chi connectivity index (χ1v) is 6.24. The molecule has 0 unspecified atom stereocenters. The number of hydrogen-bond acceptors (Lipinski definition) is 2. The molecule has 110 valence electrons. The number of methoxy groups -OCH3 is 1. The van der Waals surface area contributed by atoms with Crippen molar-refractivity contribution in [1.82, 2.24) is 0 Å². The number of benzene rings is 2. The number of carbonyl (C=O) groups excluding carboxylic acids is 1. The molecule has 0 radical (unpaired) electrons. The van der Waals surface area contributed by atoms with Gasteiger partial charge in [0.25, 0.3) is 0 Å². The molecule has 5 heteroatoms. The van der Waals surface area contributed by atoms with Crippen LogP contribution < -0.4 is 4.74 Å². The lowest BCUT2D eigenvalue weighted by molar-refractivity contribution is -0.138. The molecule has 2 aromatic carbocycles. The highest BCUT2D eigenvalue weighted by Gasteiger charge is 2.34. The fourth-order valence-electron chi connectivity index (χ4n) is 1.99. The summed E-state index contributed by atoms with van der Waals surface area (Å²) in [5, 5.41) is 0. The Morgan fingerprint density at radius 2 is 1.76 bits per heavy atom. The third kappa shape index (κ3) is 3.62. The van der Waals surface area contributed by atoms with E-state index in [0.717, 1.165) is 18.7 Å². The van der Waals surface area contributed by atoms with Crippen LogP contribution in [0, 0.1) is 0 Å². The van der Waals surface area contributed by atoms with Crippen LogP contribution in [0.15, 0.2) is 48.5 Å². The van der Waals surface area contributed by atoms with Gasteiger partial charge in [-0.05, 0) is 23.8 Å². The minimum absolute atomic E-state index is 0.0204. The van der Waals surface area contributed by atoms with E-state index in [1.54, 1.807) is 24.3 Å². The topological polar surface area (TPSA) is 26.3 Å². The highest BCUT2D eigenvalue weighted by molar-refractivity contribution is 5.97. The number of rotatable bonds is 4. The largest absolute Gasteiger partial charge is 0.496 e. The van der Waals surface area contributed by atoms with E-state index >= 15 is 0 Å². The summed E-state index contributed by atoms with van der Waals surface area (Å²) in [7, 11) is 1.16. The molecule has 0 bridgehead atoms. The van der Waals surface area contributed by atoms with Crippen molar-refractivity contribution in [3.05, 3.63) is 65.2 Å². The van der Waals surface area contributed by atoms with Crippen molar-refractivity contribution in [2.24, 2.45) is 0 Å². The summed E-state index contributed by atoms with van der Waals surface area (Å²) < 4.78 is 43.4. The highest BCUT2D eigenvalue weighted by atomic mass is 19.4. The van der Waals surface area contributed by atoms with Crippen LogP contribution in [0.4, 0.5) is 13.2 Å². The number of alkyl halides is 3. The van der Waals surface area contributed by atoms with Gasteiger partial charge >= 0.3 is 6.18 Å². The van der Waals surface area contributed by atoms with Crippen LogP contribution in [0.5, 0.6) is 5.75 Å². The maximum absolute atomic E-state index is 12.9. The SMILES string of the molecule is COc1ccc(C(=O)Cc2ccccc2)cc1C(F)(F)F. The zero-order valence-corrected chi connectivity index (χ0v) is 11.3. The Morgan fingerprint density at radius 1 is 1.10 bits per heavy atom. The summed E-state index contributed by atoms with van der Waals surface area (Å²) in [6.45, 7) is 0. The number of hydrogen-bond donors (Lipinski definition) is 0. The Labute approximate surface area is 120 Å². The van der Waals surface area contributed by atoms with Crippen LogP contribution in [0.3, 0.4) is 0 Å². The van der Waals surface area contributed by atoms with E-state index in [4.69, 9.17) is 4.74 Å². The number of Topliss-reactive ketones (excluding diaryl/α,β-unsaturated/α-hetero) is 1. The summed E-state index contributed by atoms with van der Waals surface area (Å²) in [5.74, 6) is -0.659. The van der Waals surface area contributed by atoms with Crippen LogP contribution in [-0.2, 0) is 12.6 Å². The van der Waals surface area contributed by atoms with Crippen molar-refractivity contribution in [1.29, 1.82) is 0 Å². The molecule has 0 atom stereocenters. The Morgan fingerprint density at radius 3 is 2.33 bits per heavy atom. The molecule has 0 fully saturated rings. The minimum atomic E-state index is -4.56. The van der Waals surface area contributed by atoms with Gasteiger partial charge in [-0.1, -0.05) is 30.3 Å². The van der Waals surface area contributed by atoms with Gasteiger partial charge in [0.05, 0.1) is 12.7 Å². The van der Waals surface area contributed by atoms with Crippen molar-refractivity contribution in [3.63, 3.8) is 0 Å². The Bertz CT molecular complexity index is 634. The molecular formula is C16H13F3O2. The number of ether oxygens (including phenoxy) is 1. The Hall–Kier alpha value is -2.30. The average Bonchev–Trinajstić information content (AvgIpc) is 2.46. The second kappa shape index (κ2) is 5.99. The first kappa shape index (κ1) is 15.1. The van der Waals surface area contributed by atoms with Crippen LogP contribution in [-0.4, -0.2) is 12.9 Å². The van der Waals surface area contributed by atoms with Crippen molar-refractivity contribution < 1.29 is 22.7 Å². The van der Waals surface area contributed by atoms with E-state index < -0.39 is 11.7 Å². The second-order valence-corrected chi connectivity index (χ2v) is 4.50. The molecule has 0 spiro atoms. The zero-order chi connectivity index (χ0) is 15.5. The molecule has 0 aliphatic carbocycles. The first-order valence-electron chi connectivity index (χ1n) is 6.24. The van der Waals surface area contributed by atoms with E-state index in [-0.39, 0.29) is 23.5 Å². The van der Waals surface area contributed by atoms with Gasteiger partial charge in [0, 0.05) is 12.0 Å². The first-order chi connectivity index (χ1) is 9.91. The van der Waals surface area contributed by atoms with Crippen LogP contribution in [0.25, 0.3) is 0 Å². The smallest absolute Gasteiger partial charge is 0.419 e. The van der Waals surface area contributed by atoms with Gasteiger partial charge in [0.1, 0.15) is 5.75 Å². The maximum Gasteiger partial charge on any atom is 0.419 e. The Kier molecular flexibility index (Phi) is 4.31. The fraction of sp³-hybridized carbons (Fsp3) is 0.188. The van der Waals surface area contributed by atoms with E-state index in [2.05, 4.69) is 0 Å². The molecule has 21 heavy (non-hydrogen) atoms. The van der Waals surface area contributed by atoms with Gasteiger partial charge in [-0.15, -0.1) is 0 Å². The van der Waals surface area contributed by atoms with Crippen molar-refractivity contribution in [3.8, 4) is 5.75 Å². The van der Waals surface area contributed by atoms with E-state index in [0.29, 0.717) is 0 Å². The van der Waals surface area contributed by atoms with Crippen LogP contribution >= 0.6 is 0 Å². The predicted octanol–water partition coefficient (Wildman–Crippen LogP) is 4.14. The zero-order valence-electron chi connectivity index (χ0n) is 11.3. The van der Waals surface area contributed by atoms with Gasteiger partial charge in [0.2, 0.25) is 0 Å². The summed E-state index contributed by atoms with van der Waals surface area (Å²) >= 11 is 0. The monoisotopic (exact) mass is 294 g/mol. The van der Waals surface area contributed by atoms with Gasteiger partial charge in [-0.2, -0.15) is 13.2 Å². The molecule has 2 rings (SSSR count). The average molecular weight is 294 g/mol. The van der Waals surface area contributed by atoms with E-state index in [1.165, 1.54) is 12.1 Å². The van der Waals surface area contributed by atoms with E-state index in [9.17, 15) is 18.0 Å². The summed E-state index contributed by atoms with van der Waals surface area (Å²) in [6, 6.07) is 12.2. The lowest BCUT2D eigenvalue weighted by Crippen LogP contribution is -2.11. The van der Waals surface area contributed by atoms with Crippen molar-refractivity contribution in [2.75, 3.05) is 7.11 Å². The third-order valence-electron chi connectivity index (χ3n) is 3.03. The fourth-order valence-corrected chi connectivity index (χ4v) is 1.99. The molecule has 0 aliphatic heterocycles. The predicted molar refractivity (Wildman–Crippen MR) is 72.5 cm³/mol. The molecule has 0 heterocycles. The maximum atomic E-state index is 12.9. The molecule has 0 aliphatic rings. The molecule has 0 aromatic heterocycles. The minimum Gasteiger partial charge on any atom is -0.496 e. The number of carbonyl (C=O) groups is 1. The van der Waals surface area contributed by atoms with Crippen LogP contribution in [0.1, 0.15) is 21.5 Å². The van der Waals surface area contributed by atoms with Crippen LogP contribution in [0.2, 0.25) is 0 Å². The molecule has 0 saturated heterocycles. The second-order valence-electron chi connectivity index (χ2n) is 4.50. The molecule has 0 saturated carbocycles. The van der Waals surface area contributed by atoms with Gasteiger partial charge < -0.3 is 4.74 Å². The number of halogens is 3. The highest BCUT2D eigenvalue weighted by Crippen LogP contribution is 2.36. The quantitative estimate of drug-likeness (QED) is 0.792. The normalized spacial score (nSPS) is 11.2. The lowest BCUT2D eigenvalue weighted by Gasteiger charge is -2.13. The molecule has 0 N–H and O–H groups in total. The standard InChI is InChI=1S/C16H13F3O2/c1-21-15-8-7-12(10-13(15)16(17,18)19)14(20)9-11-5-3-2-4-6-11/h2-8,10H,9H2,1H3. The van der Waals surface area contributed by atoms with E-state index in [1.807, 2.05) is 6.07 Å². The van der Waals surface area contributed by atoms with Crippen molar-refractivity contribution in [2.45, 2.75) is 12.6 Å². The third-order valence-corrected chi connectivity index (χ3v) is 3.03. The molecular weight excluding hydrogens is 281 g/mol. The summed E-state index contributed by atoms with van der Waals surface area (Å²) in [6.07, 6.45) is -4.50. The molecule has 0 amide bonds. The van der Waals surface area contributed by atoms with Crippen molar-refractivity contribution >= 4 is 5.78 Å². The molecule has 2 nitrogen and oxygen atoms in total. The molecule has 2 aromatic rings.